The minimum atomic E-state index is -5.35. The largest absolute Gasteiger partial charge is 0.505 e. The van der Waals surface area contributed by atoms with Crippen molar-refractivity contribution in [1.29, 1.82) is 0 Å². The Labute approximate surface area is 619 Å². The summed E-state index contributed by atoms with van der Waals surface area (Å²) < 4.78 is 255. The number of sulfone groups is 3. The van der Waals surface area contributed by atoms with E-state index in [-0.39, 0.29) is 88.4 Å². The van der Waals surface area contributed by atoms with Crippen molar-refractivity contribution in [2.75, 3.05) is 56.6 Å². The Kier molecular flexibility index (Phi) is 23.7. The standard InChI is InChI=1S/C56H48Cl2N14O24S10/c57-51-63-53(59-32-4-2-1-3-5-32)67-55(65-51)61-41-28-39(102(81,82)83)24-30-26-43(104(87,88)89)47(49(73)45(30)41)71-69-34-8-14-37(15-9-34)100(77,78)22-19-97-98-20-23-101(79,80)38-16-10-35(11-17-38)70-72-48-44(105(90,91)92)27-31-25-40(103(84,85)86)29-42(46(31)50(48)74)62-56-66-52(58)64-54(68-56)60-33-6-12-36(13-7-33)99(75,76)21-18-96-106(93,94)95/h1-17,24-28,42,73-74H,18-23,29H2,(H,81,82,83)(H,84,85,86)(H,87,88,89)(H,90,91,92)(H,93,94,95)(H2,59,61,63,65,67)(H2,60,62,64,66,68)/b71-69?,72-70+. The van der Waals surface area contributed by atoms with Gasteiger partial charge < -0.3 is 31.5 Å². The molecule has 0 bridgehead atoms. The van der Waals surface area contributed by atoms with Gasteiger partial charge in [0.05, 0.1) is 71.5 Å². The van der Waals surface area contributed by atoms with Crippen LogP contribution in [0, 0.1) is 0 Å². The topological polar surface area (TPSA) is 599 Å². The Bertz CT molecular complexity index is 6050. The lowest BCUT2D eigenvalue weighted by Gasteiger charge is -2.27. The number of azo groups is 2. The number of hydrogen-bond acceptors (Lipinski definition) is 35. The van der Waals surface area contributed by atoms with Crippen molar-refractivity contribution in [3.05, 3.63) is 154 Å². The number of phenols is 2. The lowest BCUT2D eigenvalue weighted by molar-refractivity contribution is 0.283. The molecule has 0 fully saturated rings. The van der Waals surface area contributed by atoms with Gasteiger partial charge in [0, 0.05) is 40.3 Å². The van der Waals surface area contributed by atoms with E-state index in [0.717, 1.165) is 94.4 Å². The predicted molar refractivity (Wildman–Crippen MR) is 386 cm³/mol. The van der Waals surface area contributed by atoms with E-state index in [4.69, 9.17) is 27.8 Å². The fourth-order valence-corrected chi connectivity index (χ4v) is 20.0. The number of aromatic hydroxyl groups is 2. The highest BCUT2D eigenvalue weighted by Crippen LogP contribution is 2.49. The van der Waals surface area contributed by atoms with Gasteiger partial charge in [-0.25, -0.2) is 29.4 Å². The molecule has 7 aromatic carbocycles. The van der Waals surface area contributed by atoms with Crippen LogP contribution in [0.5, 0.6) is 11.5 Å². The number of nitrogens with zero attached hydrogens (tertiary/aromatic N) is 10. The van der Waals surface area contributed by atoms with Crippen molar-refractivity contribution in [3.8, 4) is 11.5 Å². The normalized spacial score (nSPS) is 14.1. The first-order valence-corrected chi connectivity index (χ1v) is 44.3. The van der Waals surface area contributed by atoms with Gasteiger partial charge in [0.15, 0.2) is 35.3 Å². The summed E-state index contributed by atoms with van der Waals surface area (Å²) in [7, 11) is -35.8. The molecular weight excluding hydrogens is 1640 g/mol. The molecule has 0 saturated heterocycles. The molecule has 0 amide bonds. The highest BCUT2D eigenvalue weighted by Gasteiger charge is 2.35. The SMILES string of the molecule is O=S(=O)(O)OCCS(=O)(=O)c1ccc(Nc2nc(Cl)nc(NC3CC(S(=O)(=O)O)=Cc4cc(S(=O)(=O)O)c(/N=N/c5ccc(S(=O)(=O)CCSSCCS(=O)(=O)c6ccc(N=Nc7c(S(=O)(=O)O)cc8cc(S(=O)(=O)O)cc(Nc9nc(Cl)nc(Nc%10ccccc%10)n9)c8c7O)cc6)cc5)c(O)c43)n2)cc1. The smallest absolute Gasteiger partial charge is 0.397 e. The third kappa shape index (κ3) is 20.3. The Balaban J connectivity index is 0.775. The molecular formula is C56H48Cl2N14O24S10. The number of phenolic OH excluding ortho intramolecular Hbond substituents is 2. The predicted octanol–water partition coefficient (Wildman–Crippen LogP) is 9.74. The van der Waals surface area contributed by atoms with Gasteiger partial charge in [-0.1, -0.05) is 39.8 Å². The van der Waals surface area contributed by atoms with Crippen LogP contribution in [0.3, 0.4) is 0 Å². The van der Waals surface area contributed by atoms with E-state index in [1.807, 2.05) is 0 Å². The molecule has 1 atom stereocenters. The van der Waals surface area contributed by atoms with Gasteiger partial charge in [0.1, 0.15) is 26.9 Å². The van der Waals surface area contributed by atoms with Gasteiger partial charge in [0.25, 0.3) is 40.5 Å². The molecule has 560 valence electrons. The Morgan fingerprint density at radius 1 is 0.472 bits per heavy atom. The first kappa shape index (κ1) is 79.8. The average Bonchev–Trinajstić information content (AvgIpc) is 0.751. The maximum atomic E-state index is 13.4. The second kappa shape index (κ2) is 31.6. The maximum absolute atomic E-state index is 13.4. The van der Waals surface area contributed by atoms with E-state index in [1.165, 1.54) is 24.3 Å². The average molecular weight is 1690 g/mol. The Morgan fingerprint density at radius 3 is 1.42 bits per heavy atom. The van der Waals surface area contributed by atoms with Crippen LogP contribution in [-0.2, 0) is 84.6 Å². The molecule has 10 rings (SSSR count). The molecule has 38 nitrogen and oxygen atoms in total. The van der Waals surface area contributed by atoms with Crippen LogP contribution >= 0.6 is 44.8 Å². The molecule has 50 heteroatoms. The molecule has 1 unspecified atom stereocenters. The van der Waals surface area contributed by atoms with Gasteiger partial charge >= 0.3 is 10.4 Å². The van der Waals surface area contributed by atoms with E-state index >= 15 is 0 Å². The Morgan fingerprint density at radius 2 is 0.925 bits per heavy atom. The third-order valence-electron chi connectivity index (χ3n) is 14.4. The van der Waals surface area contributed by atoms with Crippen LogP contribution in [0.1, 0.15) is 23.6 Å². The summed E-state index contributed by atoms with van der Waals surface area (Å²) in [6, 6.07) is 24.0. The molecule has 2 heterocycles. The summed E-state index contributed by atoms with van der Waals surface area (Å²) in [4.78, 5) is 19.8. The molecule has 9 aromatic rings. The molecule has 0 radical (unpaired) electrons. The number of anilines is 7. The third-order valence-corrected chi connectivity index (χ3v) is 26.8. The van der Waals surface area contributed by atoms with Gasteiger partial charge in [-0.3, -0.25) is 22.8 Å². The van der Waals surface area contributed by atoms with Gasteiger partial charge in [0.2, 0.25) is 34.4 Å². The van der Waals surface area contributed by atoms with Crippen LogP contribution in [0.25, 0.3) is 16.8 Å². The summed E-state index contributed by atoms with van der Waals surface area (Å²) in [5.41, 5.74) is -2.43. The van der Waals surface area contributed by atoms with E-state index in [9.17, 15) is 95.8 Å². The number of halogens is 2. The fourth-order valence-electron chi connectivity index (χ4n) is 9.68. The molecule has 0 spiro atoms. The van der Waals surface area contributed by atoms with Crippen molar-refractivity contribution in [1.82, 2.24) is 29.9 Å². The Hall–Kier alpha value is -8.80. The first-order chi connectivity index (χ1) is 49.5. The number of hydrogen-bond donors (Lipinski definition) is 11. The fraction of sp³-hybridized carbons (Fsp3) is 0.143. The number of rotatable bonds is 30. The summed E-state index contributed by atoms with van der Waals surface area (Å²) in [5, 5.41) is 48.4. The number of para-hydroxylation sites is 1. The number of fused-ring (bicyclic) bond motifs is 2. The van der Waals surface area contributed by atoms with Gasteiger partial charge in [-0.15, -0.1) is 10.2 Å². The highest BCUT2D eigenvalue weighted by atomic mass is 35.5. The summed E-state index contributed by atoms with van der Waals surface area (Å²) in [6.07, 6.45) is 0.108. The second-order valence-corrected chi connectivity index (χ2v) is 38.1. The van der Waals surface area contributed by atoms with Crippen LogP contribution in [0.4, 0.5) is 63.6 Å². The van der Waals surface area contributed by atoms with Crippen LogP contribution in [0.15, 0.2) is 182 Å². The first-order valence-electron chi connectivity index (χ1n) is 29.0. The molecule has 106 heavy (non-hydrogen) atoms. The number of aromatic nitrogens is 6. The quantitative estimate of drug-likeness (QED) is 0.00863. The highest BCUT2D eigenvalue weighted by molar-refractivity contribution is 8.76. The summed E-state index contributed by atoms with van der Waals surface area (Å²) >= 11 is 12.4. The van der Waals surface area contributed by atoms with Crippen molar-refractivity contribution < 1.29 is 105 Å². The van der Waals surface area contributed by atoms with Crippen molar-refractivity contribution in [2.45, 2.75) is 41.8 Å². The zero-order valence-corrected chi connectivity index (χ0v) is 62.3. The second-order valence-electron chi connectivity index (χ2n) is 21.6. The zero-order chi connectivity index (χ0) is 77.1. The van der Waals surface area contributed by atoms with Gasteiger partial charge in [-0.2, -0.15) is 82.2 Å². The minimum absolute atomic E-state index is 0.0426. The van der Waals surface area contributed by atoms with E-state index in [1.54, 1.807) is 30.3 Å². The minimum Gasteiger partial charge on any atom is -0.505 e. The lowest BCUT2D eigenvalue weighted by Crippen LogP contribution is -2.21. The molecule has 1 aliphatic carbocycles. The number of benzene rings is 7. The van der Waals surface area contributed by atoms with Crippen LogP contribution < -0.4 is 21.3 Å². The lowest BCUT2D eigenvalue weighted by atomic mass is 9.91. The van der Waals surface area contributed by atoms with E-state index < -0.39 is 176 Å². The summed E-state index contributed by atoms with van der Waals surface area (Å²) in [5.74, 6) is -5.05. The van der Waals surface area contributed by atoms with Gasteiger partial charge in [-0.05, 0) is 149 Å². The van der Waals surface area contributed by atoms with Crippen molar-refractivity contribution in [3.63, 3.8) is 0 Å². The van der Waals surface area contributed by atoms with E-state index in [2.05, 4.69) is 75.8 Å². The molecule has 0 saturated carbocycles. The maximum Gasteiger partial charge on any atom is 0.397 e. The zero-order valence-electron chi connectivity index (χ0n) is 52.6. The van der Waals surface area contributed by atoms with E-state index in [0.29, 0.717) is 11.8 Å². The molecule has 0 aliphatic heterocycles. The van der Waals surface area contributed by atoms with Crippen LogP contribution in [0.2, 0.25) is 10.6 Å². The van der Waals surface area contributed by atoms with Crippen molar-refractivity contribution >= 4 is 206 Å². The summed E-state index contributed by atoms with van der Waals surface area (Å²) in [6.45, 7) is -0.889. The molecule has 1 aliphatic rings. The molecule has 2 aromatic heterocycles. The monoisotopic (exact) mass is 1690 g/mol. The molecule has 11 N–H and O–H groups in total. The van der Waals surface area contributed by atoms with Crippen molar-refractivity contribution in [2.24, 2.45) is 20.5 Å². The number of nitrogens with one attached hydrogen (secondary N) is 4. The van der Waals surface area contributed by atoms with Crippen LogP contribution in [-0.4, -0.2) is 166 Å².